The lowest BCUT2D eigenvalue weighted by Gasteiger charge is -2.35. The number of anilines is 1. The Kier molecular flexibility index (Phi) is 6.83. The van der Waals surface area contributed by atoms with E-state index in [0.717, 1.165) is 11.1 Å². The van der Waals surface area contributed by atoms with Gasteiger partial charge in [0, 0.05) is 38.1 Å². The number of hydrogen-bond acceptors (Lipinski definition) is 6. The van der Waals surface area contributed by atoms with E-state index >= 15 is 0 Å². The quantitative estimate of drug-likeness (QED) is 0.413. The van der Waals surface area contributed by atoms with Gasteiger partial charge in [-0.2, -0.15) is 9.78 Å². The molecule has 3 aromatic carbocycles. The minimum atomic E-state index is -0.406. The first kappa shape index (κ1) is 24.4. The van der Waals surface area contributed by atoms with Crippen LogP contribution in [0.2, 0.25) is 5.02 Å². The molecule has 2 heterocycles. The van der Waals surface area contributed by atoms with Crippen molar-refractivity contribution >= 4 is 23.2 Å². The summed E-state index contributed by atoms with van der Waals surface area (Å²) in [5, 5.41) is 14.5. The summed E-state index contributed by atoms with van der Waals surface area (Å²) in [5.41, 5.74) is 2.62. The number of phenols is 1. The molecule has 1 N–H and O–H groups in total. The van der Waals surface area contributed by atoms with Crippen molar-refractivity contribution in [3.8, 4) is 34.1 Å². The molecule has 1 fully saturated rings. The van der Waals surface area contributed by atoms with Crippen molar-refractivity contribution < 1.29 is 14.6 Å². The predicted octanol–water partition coefficient (Wildman–Crippen LogP) is 4.72. The predicted molar refractivity (Wildman–Crippen MR) is 143 cm³/mol. The number of carbonyl (C=O) groups is 1. The Morgan fingerprint density at radius 1 is 0.892 bits per heavy atom. The standard InChI is InChI=1S/C28H25ClN4O4/c1-19(34)31-14-16-32(17-15-31)26-18-30-33(23-8-6-22(29)7-9-23)28(36)27(26)37-25-12-4-21(5-13-25)20-2-10-24(35)11-3-20/h2-13,18,35H,14-17H2,1H3. The third-order valence-corrected chi connectivity index (χ3v) is 6.58. The second-order valence-electron chi connectivity index (χ2n) is 8.72. The molecule has 0 radical (unpaired) electrons. The average Bonchev–Trinajstić information content (AvgIpc) is 2.91. The summed E-state index contributed by atoms with van der Waals surface area (Å²) < 4.78 is 7.49. The van der Waals surface area contributed by atoms with Crippen LogP contribution >= 0.6 is 11.6 Å². The van der Waals surface area contributed by atoms with Gasteiger partial charge in [0.15, 0.2) is 0 Å². The van der Waals surface area contributed by atoms with Crippen molar-refractivity contribution in [1.29, 1.82) is 0 Å². The molecule has 0 spiro atoms. The number of ether oxygens (including phenoxy) is 1. The number of rotatable bonds is 5. The lowest BCUT2D eigenvalue weighted by Crippen LogP contribution is -2.48. The number of aromatic hydroxyl groups is 1. The summed E-state index contributed by atoms with van der Waals surface area (Å²) in [7, 11) is 0. The minimum absolute atomic E-state index is 0.0288. The molecule has 9 heteroatoms. The van der Waals surface area contributed by atoms with Crippen LogP contribution in [0.4, 0.5) is 5.69 Å². The first-order valence-electron chi connectivity index (χ1n) is 11.8. The van der Waals surface area contributed by atoms with Crippen LogP contribution in [0.15, 0.2) is 83.8 Å². The highest BCUT2D eigenvalue weighted by Crippen LogP contribution is 2.31. The Hall–Kier alpha value is -4.30. The third kappa shape index (κ3) is 5.29. The van der Waals surface area contributed by atoms with E-state index in [9.17, 15) is 14.7 Å². The number of aromatic nitrogens is 2. The first-order chi connectivity index (χ1) is 17.9. The summed E-state index contributed by atoms with van der Waals surface area (Å²) in [6.07, 6.45) is 1.62. The van der Waals surface area contributed by atoms with E-state index in [-0.39, 0.29) is 17.4 Å². The third-order valence-electron chi connectivity index (χ3n) is 6.33. The van der Waals surface area contributed by atoms with Gasteiger partial charge < -0.3 is 19.6 Å². The molecule has 1 saturated heterocycles. The van der Waals surface area contributed by atoms with E-state index in [4.69, 9.17) is 16.3 Å². The molecule has 0 unspecified atom stereocenters. The number of piperazine rings is 1. The number of phenolic OH excluding ortho intramolecular Hbond substituents is 1. The van der Waals surface area contributed by atoms with Gasteiger partial charge in [-0.3, -0.25) is 9.59 Å². The molecule has 188 valence electrons. The van der Waals surface area contributed by atoms with Crippen LogP contribution in [-0.2, 0) is 4.79 Å². The maximum atomic E-state index is 13.6. The van der Waals surface area contributed by atoms with Gasteiger partial charge in [-0.1, -0.05) is 35.9 Å². The number of carbonyl (C=O) groups excluding carboxylic acids is 1. The van der Waals surface area contributed by atoms with Crippen molar-refractivity contribution in [3.63, 3.8) is 0 Å². The zero-order valence-electron chi connectivity index (χ0n) is 20.2. The highest BCUT2D eigenvalue weighted by atomic mass is 35.5. The fourth-order valence-corrected chi connectivity index (χ4v) is 4.39. The van der Waals surface area contributed by atoms with E-state index in [0.29, 0.717) is 48.3 Å². The van der Waals surface area contributed by atoms with Crippen molar-refractivity contribution in [2.45, 2.75) is 6.92 Å². The van der Waals surface area contributed by atoms with Crippen LogP contribution in [0.3, 0.4) is 0 Å². The van der Waals surface area contributed by atoms with Crippen molar-refractivity contribution in [2.24, 2.45) is 0 Å². The van der Waals surface area contributed by atoms with Crippen LogP contribution in [0.25, 0.3) is 16.8 Å². The minimum Gasteiger partial charge on any atom is -0.508 e. The highest BCUT2D eigenvalue weighted by Gasteiger charge is 2.25. The largest absolute Gasteiger partial charge is 0.508 e. The molecule has 8 nitrogen and oxygen atoms in total. The Balaban J connectivity index is 1.49. The highest BCUT2D eigenvalue weighted by molar-refractivity contribution is 6.30. The zero-order chi connectivity index (χ0) is 25.9. The summed E-state index contributed by atoms with van der Waals surface area (Å²) in [6, 6.07) is 21.1. The molecule has 0 aliphatic carbocycles. The van der Waals surface area contributed by atoms with Crippen molar-refractivity contribution in [2.75, 3.05) is 31.1 Å². The fraction of sp³-hybridized carbons (Fsp3) is 0.179. The lowest BCUT2D eigenvalue weighted by molar-refractivity contribution is -0.129. The molecular weight excluding hydrogens is 492 g/mol. The van der Waals surface area contributed by atoms with Gasteiger partial charge in [0.2, 0.25) is 11.7 Å². The monoisotopic (exact) mass is 516 g/mol. The Bertz CT molecular complexity index is 1460. The summed E-state index contributed by atoms with van der Waals surface area (Å²) in [4.78, 5) is 29.2. The molecule has 4 aromatic rings. The fourth-order valence-electron chi connectivity index (χ4n) is 4.27. The second kappa shape index (κ2) is 10.4. The van der Waals surface area contributed by atoms with Crippen LogP contribution in [0.5, 0.6) is 17.2 Å². The van der Waals surface area contributed by atoms with Gasteiger partial charge in [0.05, 0.1) is 11.9 Å². The van der Waals surface area contributed by atoms with E-state index < -0.39 is 5.56 Å². The Labute approximate surface area is 218 Å². The van der Waals surface area contributed by atoms with E-state index in [2.05, 4.69) is 5.10 Å². The maximum Gasteiger partial charge on any atom is 0.316 e. The summed E-state index contributed by atoms with van der Waals surface area (Å²) in [6.45, 7) is 3.78. The molecule has 0 saturated carbocycles. The average molecular weight is 517 g/mol. The van der Waals surface area contributed by atoms with E-state index in [1.807, 2.05) is 29.2 Å². The molecule has 1 aromatic heterocycles. The smallest absolute Gasteiger partial charge is 0.316 e. The molecular formula is C28H25ClN4O4. The maximum absolute atomic E-state index is 13.6. The molecule has 1 amide bonds. The molecule has 0 bridgehead atoms. The summed E-state index contributed by atoms with van der Waals surface area (Å²) in [5.74, 6) is 0.881. The van der Waals surface area contributed by atoms with Crippen molar-refractivity contribution in [1.82, 2.24) is 14.7 Å². The molecule has 0 atom stereocenters. The Morgan fingerprint density at radius 3 is 2.08 bits per heavy atom. The topological polar surface area (TPSA) is 87.9 Å². The van der Waals surface area contributed by atoms with Gasteiger partial charge in [-0.05, 0) is 59.7 Å². The first-order valence-corrected chi connectivity index (χ1v) is 12.2. The van der Waals surface area contributed by atoms with E-state index in [1.54, 1.807) is 66.6 Å². The van der Waals surface area contributed by atoms with Gasteiger partial charge in [-0.15, -0.1) is 0 Å². The second-order valence-corrected chi connectivity index (χ2v) is 9.16. The number of benzene rings is 3. The zero-order valence-corrected chi connectivity index (χ0v) is 20.9. The molecule has 1 aliphatic heterocycles. The number of hydrogen-bond donors (Lipinski definition) is 1. The molecule has 37 heavy (non-hydrogen) atoms. The van der Waals surface area contributed by atoms with Crippen LogP contribution in [-0.4, -0.2) is 51.9 Å². The van der Waals surface area contributed by atoms with Crippen LogP contribution in [0.1, 0.15) is 6.92 Å². The van der Waals surface area contributed by atoms with Gasteiger partial charge >= 0.3 is 5.56 Å². The van der Waals surface area contributed by atoms with Crippen LogP contribution in [0, 0.1) is 0 Å². The van der Waals surface area contributed by atoms with Gasteiger partial charge in [0.25, 0.3) is 0 Å². The SMILES string of the molecule is CC(=O)N1CCN(c2cnn(-c3ccc(Cl)cc3)c(=O)c2Oc2ccc(-c3ccc(O)cc3)cc2)CC1. The molecule has 1 aliphatic rings. The van der Waals surface area contributed by atoms with Crippen LogP contribution < -0.4 is 15.2 Å². The van der Waals surface area contributed by atoms with Gasteiger partial charge in [0.1, 0.15) is 17.2 Å². The molecule has 5 rings (SSSR count). The van der Waals surface area contributed by atoms with Crippen molar-refractivity contribution in [3.05, 3.63) is 94.4 Å². The van der Waals surface area contributed by atoms with Gasteiger partial charge in [-0.25, -0.2) is 0 Å². The van der Waals surface area contributed by atoms with E-state index in [1.165, 1.54) is 4.68 Å². The lowest BCUT2D eigenvalue weighted by atomic mass is 10.1. The normalized spacial score (nSPS) is 13.5. The summed E-state index contributed by atoms with van der Waals surface area (Å²) >= 11 is 6.02. The number of halogens is 1. The number of amides is 1. The Morgan fingerprint density at radius 2 is 1.49 bits per heavy atom. The number of nitrogens with zero attached hydrogens (tertiary/aromatic N) is 4.